The number of carbonyl (C=O) groups excluding carboxylic acids is 1. The molecule has 0 aromatic heterocycles. The third-order valence-electron chi connectivity index (χ3n) is 3.55. The molecule has 1 fully saturated rings. The first-order valence-corrected chi connectivity index (χ1v) is 7.76. The van der Waals surface area contributed by atoms with Crippen LogP contribution in [0, 0.1) is 0 Å². The van der Waals surface area contributed by atoms with E-state index in [9.17, 15) is 4.79 Å². The second-order valence-corrected chi connectivity index (χ2v) is 6.40. The van der Waals surface area contributed by atoms with Gasteiger partial charge in [-0.2, -0.15) is 0 Å². The van der Waals surface area contributed by atoms with Gasteiger partial charge in [-0.25, -0.2) is 0 Å². The van der Waals surface area contributed by atoms with Crippen LogP contribution < -0.4 is 5.32 Å². The highest BCUT2D eigenvalue weighted by Gasteiger charge is 2.26. The first-order chi connectivity index (χ1) is 9.20. The lowest BCUT2D eigenvalue weighted by molar-refractivity contribution is -0.131. The van der Waals surface area contributed by atoms with Crippen molar-refractivity contribution in [2.45, 2.75) is 36.0 Å². The van der Waals surface area contributed by atoms with Crippen LogP contribution in [0.3, 0.4) is 0 Å². The van der Waals surface area contributed by atoms with Crippen LogP contribution >= 0.6 is 24.2 Å². The highest BCUT2D eigenvalue weighted by molar-refractivity contribution is 8.00. The highest BCUT2D eigenvalue weighted by Crippen LogP contribution is 2.25. The van der Waals surface area contributed by atoms with Crippen molar-refractivity contribution in [2.75, 3.05) is 20.1 Å². The largest absolute Gasteiger partial charge is 0.340 e. The fourth-order valence-electron chi connectivity index (χ4n) is 2.42. The van der Waals surface area contributed by atoms with Crippen molar-refractivity contribution in [3.8, 4) is 0 Å². The average molecular weight is 315 g/mol. The topological polar surface area (TPSA) is 32.3 Å². The van der Waals surface area contributed by atoms with Crippen LogP contribution in [0.15, 0.2) is 35.2 Å². The van der Waals surface area contributed by atoms with E-state index in [0.717, 1.165) is 24.4 Å². The number of likely N-dealkylation sites (N-methyl/N-ethyl adjacent to an activating group) is 1. The number of rotatable bonds is 4. The maximum absolute atomic E-state index is 12.4. The molecule has 0 spiro atoms. The Morgan fingerprint density at radius 2 is 2.10 bits per heavy atom. The number of hydrogen-bond donors (Lipinski definition) is 1. The molecule has 1 saturated heterocycles. The first-order valence-electron chi connectivity index (χ1n) is 6.88. The number of carbonyl (C=O) groups is 1. The van der Waals surface area contributed by atoms with E-state index in [1.165, 1.54) is 6.42 Å². The quantitative estimate of drug-likeness (QED) is 0.867. The summed E-state index contributed by atoms with van der Waals surface area (Å²) in [5, 5.41) is 3.26. The summed E-state index contributed by atoms with van der Waals surface area (Å²) < 4.78 is 0. The van der Waals surface area contributed by atoms with Crippen LogP contribution in [0.1, 0.15) is 19.8 Å². The van der Waals surface area contributed by atoms with Crippen LogP contribution in [0.4, 0.5) is 0 Å². The number of likely N-dealkylation sites (tertiary alicyclic amines) is 1. The standard InChI is InChI=1S/C15H22N2OS.ClH/c1-12(19-14-8-4-3-5-9-14)15(18)17-10-6-7-13(11-17)16-2;/h3-5,8-9,12-13,16H,6-7,10-11H2,1-2H3;1H. The smallest absolute Gasteiger partial charge is 0.235 e. The van der Waals surface area contributed by atoms with Gasteiger partial charge in [0.05, 0.1) is 5.25 Å². The van der Waals surface area contributed by atoms with Crippen LogP contribution in [-0.4, -0.2) is 42.2 Å². The molecule has 1 N–H and O–H groups in total. The van der Waals surface area contributed by atoms with Crippen LogP contribution in [0.2, 0.25) is 0 Å². The van der Waals surface area contributed by atoms with Crippen LogP contribution in [-0.2, 0) is 4.79 Å². The number of amides is 1. The Bertz CT molecular complexity index is 416. The van der Waals surface area contributed by atoms with E-state index in [0.29, 0.717) is 6.04 Å². The minimum Gasteiger partial charge on any atom is -0.340 e. The second kappa shape index (κ2) is 8.55. The summed E-state index contributed by atoms with van der Waals surface area (Å²) in [6, 6.07) is 10.6. The van der Waals surface area contributed by atoms with Crippen molar-refractivity contribution >= 4 is 30.1 Å². The summed E-state index contributed by atoms with van der Waals surface area (Å²) in [6.45, 7) is 3.74. The molecule has 2 rings (SSSR count). The number of piperidine rings is 1. The summed E-state index contributed by atoms with van der Waals surface area (Å²) in [4.78, 5) is 15.6. The predicted molar refractivity (Wildman–Crippen MR) is 87.7 cm³/mol. The van der Waals surface area contributed by atoms with E-state index in [4.69, 9.17) is 0 Å². The molecule has 2 unspecified atom stereocenters. The molecular weight excluding hydrogens is 292 g/mol. The van der Waals surface area contributed by atoms with Gasteiger partial charge in [-0.15, -0.1) is 24.2 Å². The maximum Gasteiger partial charge on any atom is 0.235 e. The molecule has 112 valence electrons. The van der Waals surface area contributed by atoms with Crippen molar-refractivity contribution in [2.24, 2.45) is 0 Å². The summed E-state index contributed by atoms with van der Waals surface area (Å²) >= 11 is 1.64. The molecule has 3 nitrogen and oxygen atoms in total. The molecule has 1 amide bonds. The molecule has 5 heteroatoms. The zero-order chi connectivity index (χ0) is 13.7. The Morgan fingerprint density at radius 3 is 2.75 bits per heavy atom. The molecule has 0 bridgehead atoms. The fraction of sp³-hybridized carbons (Fsp3) is 0.533. The molecule has 1 aromatic carbocycles. The molecule has 1 aliphatic rings. The Morgan fingerprint density at radius 1 is 1.40 bits per heavy atom. The number of thioether (sulfide) groups is 1. The van der Waals surface area contributed by atoms with E-state index in [2.05, 4.69) is 17.4 Å². The fourth-order valence-corrected chi connectivity index (χ4v) is 3.40. The van der Waals surface area contributed by atoms with Crippen LogP contribution in [0.25, 0.3) is 0 Å². The van der Waals surface area contributed by atoms with Gasteiger partial charge in [-0.1, -0.05) is 18.2 Å². The molecule has 0 aliphatic carbocycles. The predicted octanol–water partition coefficient (Wildman–Crippen LogP) is 2.80. The van der Waals surface area contributed by atoms with E-state index in [-0.39, 0.29) is 23.6 Å². The Hall–Kier alpha value is -0.710. The zero-order valence-electron chi connectivity index (χ0n) is 12.0. The number of halogens is 1. The van der Waals surface area contributed by atoms with E-state index >= 15 is 0 Å². The Labute approximate surface area is 131 Å². The van der Waals surface area contributed by atoms with Crippen molar-refractivity contribution in [3.05, 3.63) is 30.3 Å². The summed E-state index contributed by atoms with van der Waals surface area (Å²) in [7, 11) is 1.97. The molecule has 1 heterocycles. The van der Waals surface area contributed by atoms with Crippen molar-refractivity contribution in [1.82, 2.24) is 10.2 Å². The van der Waals surface area contributed by atoms with Gasteiger partial charge in [-0.05, 0) is 38.9 Å². The van der Waals surface area contributed by atoms with Gasteiger partial charge in [0.1, 0.15) is 0 Å². The van der Waals surface area contributed by atoms with Gasteiger partial charge in [0.25, 0.3) is 0 Å². The average Bonchev–Trinajstić information content (AvgIpc) is 2.47. The number of nitrogens with one attached hydrogen (secondary N) is 1. The summed E-state index contributed by atoms with van der Waals surface area (Å²) in [5.74, 6) is 0.258. The SMILES string of the molecule is CNC1CCCN(C(=O)C(C)Sc2ccccc2)C1.Cl. The van der Waals surface area contributed by atoms with Crippen molar-refractivity contribution in [1.29, 1.82) is 0 Å². The molecule has 1 aromatic rings. The van der Waals surface area contributed by atoms with Gasteiger partial charge in [0.15, 0.2) is 0 Å². The molecule has 20 heavy (non-hydrogen) atoms. The lowest BCUT2D eigenvalue weighted by Crippen LogP contribution is -2.49. The third kappa shape index (κ3) is 4.69. The molecule has 2 atom stereocenters. The van der Waals surface area contributed by atoms with Crippen molar-refractivity contribution < 1.29 is 4.79 Å². The highest BCUT2D eigenvalue weighted by atomic mass is 35.5. The lowest BCUT2D eigenvalue weighted by Gasteiger charge is -2.34. The van der Waals surface area contributed by atoms with Gasteiger partial charge in [0, 0.05) is 24.0 Å². The van der Waals surface area contributed by atoms with E-state index in [1.807, 2.05) is 37.1 Å². The Balaban J connectivity index is 0.00000200. The minimum absolute atomic E-state index is 0. The number of hydrogen-bond acceptors (Lipinski definition) is 3. The van der Waals surface area contributed by atoms with Crippen LogP contribution in [0.5, 0.6) is 0 Å². The third-order valence-corrected chi connectivity index (χ3v) is 4.64. The molecule has 0 saturated carbocycles. The van der Waals surface area contributed by atoms with E-state index < -0.39 is 0 Å². The molecule has 1 aliphatic heterocycles. The van der Waals surface area contributed by atoms with E-state index in [1.54, 1.807) is 11.8 Å². The molecular formula is C15H23ClN2OS. The second-order valence-electron chi connectivity index (χ2n) is 4.99. The minimum atomic E-state index is -0.0157. The van der Waals surface area contributed by atoms with Gasteiger partial charge < -0.3 is 10.2 Å². The van der Waals surface area contributed by atoms with Gasteiger partial charge >= 0.3 is 0 Å². The number of benzene rings is 1. The monoisotopic (exact) mass is 314 g/mol. The first kappa shape index (κ1) is 17.3. The summed E-state index contributed by atoms with van der Waals surface area (Å²) in [6.07, 6.45) is 2.26. The molecule has 0 radical (unpaired) electrons. The Kier molecular flexibility index (Phi) is 7.41. The number of nitrogens with zero attached hydrogens (tertiary/aromatic N) is 1. The van der Waals surface area contributed by atoms with Gasteiger partial charge in [-0.3, -0.25) is 4.79 Å². The van der Waals surface area contributed by atoms with Gasteiger partial charge in [0.2, 0.25) is 5.91 Å². The van der Waals surface area contributed by atoms with Crippen molar-refractivity contribution in [3.63, 3.8) is 0 Å². The summed E-state index contributed by atoms with van der Waals surface area (Å²) in [5.41, 5.74) is 0. The maximum atomic E-state index is 12.4. The lowest BCUT2D eigenvalue weighted by atomic mass is 10.1. The normalized spacial score (nSPS) is 20.1. The zero-order valence-corrected chi connectivity index (χ0v) is 13.7.